The van der Waals surface area contributed by atoms with Crippen LogP contribution in [0, 0.1) is 0 Å². The van der Waals surface area contributed by atoms with Gasteiger partial charge in [0.15, 0.2) is 0 Å². The highest BCUT2D eigenvalue weighted by Gasteiger charge is 2.01. The van der Waals surface area contributed by atoms with Crippen LogP contribution in [0.3, 0.4) is 0 Å². The molecule has 0 spiro atoms. The average Bonchev–Trinajstić information content (AvgIpc) is 3.06. The summed E-state index contributed by atoms with van der Waals surface area (Å²) < 4.78 is 0. The summed E-state index contributed by atoms with van der Waals surface area (Å²) in [6.45, 7) is 0. The molecule has 0 N–H and O–H groups in total. The maximum atomic E-state index is 4.63. The Morgan fingerprint density at radius 2 is 1.71 bits per heavy atom. The molecule has 0 unspecified atom stereocenters. The molecule has 0 aliphatic carbocycles. The largest absolute Gasteiger partial charge is 0.254 e. The minimum absolute atomic E-state index is 0.965. The van der Waals surface area contributed by atoms with E-state index in [4.69, 9.17) is 0 Å². The van der Waals surface area contributed by atoms with Gasteiger partial charge in [0.05, 0.1) is 5.69 Å². The second kappa shape index (κ2) is 7.25. The number of thiophene rings is 1. The van der Waals surface area contributed by atoms with Crippen molar-refractivity contribution >= 4 is 35.0 Å². The molecule has 0 aliphatic heterocycles. The number of aliphatic imine (C=N–C) groups is 1. The smallest absolute Gasteiger partial charge is 0.0766 e. The Bertz CT molecular complexity index is 703. The van der Waals surface area contributed by atoms with Gasteiger partial charge in [0.25, 0.3) is 0 Å². The van der Waals surface area contributed by atoms with Crippen LogP contribution < -0.4 is 0 Å². The van der Waals surface area contributed by atoms with Gasteiger partial charge in [-0.3, -0.25) is 4.99 Å². The number of nitrogens with zero attached hydrogens (tertiary/aromatic N) is 1. The standard InChI is InChI=1S/C18H15NS2/c1-2-7-15(8-3-1)14-21-18-11-5-4-10-17(18)19-13-16-9-6-12-20-16/h1-13H,14H2. The van der Waals surface area contributed by atoms with Gasteiger partial charge in [0.1, 0.15) is 0 Å². The third kappa shape index (κ3) is 4.06. The Balaban J connectivity index is 1.73. The Kier molecular flexibility index (Phi) is 4.87. The summed E-state index contributed by atoms with van der Waals surface area (Å²) in [6.07, 6.45) is 1.94. The molecular weight excluding hydrogens is 294 g/mol. The van der Waals surface area contributed by atoms with Gasteiger partial charge in [-0.2, -0.15) is 0 Å². The molecular formula is C18H15NS2. The van der Waals surface area contributed by atoms with E-state index in [0.29, 0.717) is 0 Å². The molecule has 2 aromatic carbocycles. The van der Waals surface area contributed by atoms with Crippen LogP contribution in [0.25, 0.3) is 0 Å². The molecule has 3 aromatic rings. The number of hydrogen-bond acceptors (Lipinski definition) is 3. The summed E-state index contributed by atoms with van der Waals surface area (Å²) in [7, 11) is 0. The van der Waals surface area contributed by atoms with Gasteiger partial charge in [-0.25, -0.2) is 0 Å². The third-order valence-electron chi connectivity index (χ3n) is 2.98. The minimum Gasteiger partial charge on any atom is -0.254 e. The van der Waals surface area contributed by atoms with Crippen molar-refractivity contribution in [2.24, 2.45) is 4.99 Å². The Morgan fingerprint density at radius 3 is 2.52 bits per heavy atom. The molecule has 0 aliphatic rings. The number of benzene rings is 2. The van der Waals surface area contributed by atoms with Crippen molar-refractivity contribution in [3.05, 3.63) is 82.6 Å². The lowest BCUT2D eigenvalue weighted by molar-refractivity contribution is 1.35. The predicted octanol–water partition coefficient (Wildman–Crippen LogP) is 5.79. The fourth-order valence-corrected chi connectivity index (χ4v) is 3.46. The molecule has 0 atom stereocenters. The Morgan fingerprint density at radius 1 is 0.905 bits per heavy atom. The topological polar surface area (TPSA) is 12.4 Å². The van der Waals surface area contributed by atoms with Crippen LogP contribution in [0.4, 0.5) is 5.69 Å². The van der Waals surface area contributed by atoms with E-state index in [-0.39, 0.29) is 0 Å². The highest BCUT2D eigenvalue weighted by atomic mass is 32.2. The van der Waals surface area contributed by atoms with Gasteiger partial charge in [0.2, 0.25) is 0 Å². The van der Waals surface area contributed by atoms with E-state index in [1.165, 1.54) is 15.3 Å². The van der Waals surface area contributed by atoms with Crippen molar-refractivity contribution in [1.29, 1.82) is 0 Å². The van der Waals surface area contributed by atoms with Crippen molar-refractivity contribution < 1.29 is 0 Å². The molecule has 3 rings (SSSR count). The molecule has 21 heavy (non-hydrogen) atoms. The normalized spacial score (nSPS) is 11.0. The number of hydrogen-bond donors (Lipinski definition) is 0. The van der Waals surface area contributed by atoms with E-state index in [0.717, 1.165) is 11.4 Å². The fraction of sp³-hybridized carbons (Fsp3) is 0.0556. The molecule has 1 nitrogen and oxygen atoms in total. The first-order valence-corrected chi connectivity index (χ1v) is 8.62. The summed E-state index contributed by atoms with van der Waals surface area (Å²) in [5, 5.41) is 2.07. The second-order valence-corrected chi connectivity index (χ2v) is 6.51. The maximum Gasteiger partial charge on any atom is 0.0766 e. The van der Waals surface area contributed by atoms with E-state index in [9.17, 15) is 0 Å². The van der Waals surface area contributed by atoms with Crippen molar-refractivity contribution in [2.45, 2.75) is 10.6 Å². The van der Waals surface area contributed by atoms with E-state index in [1.54, 1.807) is 11.3 Å². The zero-order valence-electron chi connectivity index (χ0n) is 11.5. The quantitative estimate of drug-likeness (QED) is 0.429. The summed E-state index contributed by atoms with van der Waals surface area (Å²) in [4.78, 5) is 7.02. The van der Waals surface area contributed by atoms with E-state index < -0.39 is 0 Å². The van der Waals surface area contributed by atoms with Gasteiger partial charge < -0.3 is 0 Å². The Hall–Kier alpha value is -1.84. The highest BCUT2D eigenvalue weighted by Crippen LogP contribution is 2.31. The number of rotatable bonds is 5. The van der Waals surface area contributed by atoms with Gasteiger partial charge in [0, 0.05) is 21.7 Å². The molecule has 3 heteroatoms. The first-order valence-electron chi connectivity index (χ1n) is 6.75. The van der Waals surface area contributed by atoms with Gasteiger partial charge in [-0.15, -0.1) is 23.1 Å². The van der Waals surface area contributed by atoms with Gasteiger partial charge >= 0.3 is 0 Å². The summed E-state index contributed by atoms with van der Waals surface area (Å²) >= 11 is 3.53. The van der Waals surface area contributed by atoms with Crippen molar-refractivity contribution in [3.8, 4) is 0 Å². The zero-order valence-corrected chi connectivity index (χ0v) is 13.1. The van der Waals surface area contributed by atoms with Crippen molar-refractivity contribution in [2.75, 3.05) is 0 Å². The van der Waals surface area contributed by atoms with Crippen LogP contribution in [0.15, 0.2) is 82.0 Å². The minimum atomic E-state index is 0.965. The molecule has 0 saturated heterocycles. The molecule has 0 radical (unpaired) electrons. The van der Waals surface area contributed by atoms with Crippen molar-refractivity contribution in [1.82, 2.24) is 0 Å². The van der Waals surface area contributed by atoms with Crippen LogP contribution in [0.2, 0.25) is 0 Å². The van der Waals surface area contributed by atoms with Gasteiger partial charge in [-0.05, 0) is 29.1 Å². The second-order valence-electron chi connectivity index (χ2n) is 4.52. The summed E-state index contributed by atoms with van der Waals surface area (Å²) in [6, 6.07) is 22.9. The summed E-state index contributed by atoms with van der Waals surface area (Å²) in [5.74, 6) is 0.965. The molecule has 1 aromatic heterocycles. The molecule has 0 bridgehead atoms. The lowest BCUT2D eigenvalue weighted by atomic mass is 10.2. The first-order chi connectivity index (χ1) is 10.4. The highest BCUT2D eigenvalue weighted by molar-refractivity contribution is 7.98. The van der Waals surface area contributed by atoms with Crippen molar-refractivity contribution in [3.63, 3.8) is 0 Å². The zero-order chi connectivity index (χ0) is 14.3. The van der Waals surface area contributed by atoms with Crippen LogP contribution in [0.1, 0.15) is 10.4 Å². The Labute approximate surface area is 133 Å². The molecule has 1 heterocycles. The SMILES string of the molecule is C(=Nc1ccccc1SCc1ccccc1)c1cccs1. The van der Waals surface area contributed by atoms with Crippen LogP contribution in [-0.2, 0) is 5.75 Å². The predicted molar refractivity (Wildman–Crippen MR) is 94.0 cm³/mol. The van der Waals surface area contributed by atoms with E-state index >= 15 is 0 Å². The summed E-state index contributed by atoms with van der Waals surface area (Å²) in [5.41, 5.74) is 2.37. The van der Waals surface area contributed by atoms with Crippen LogP contribution >= 0.6 is 23.1 Å². The van der Waals surface area contributed by atoms with E-state index in [2.05, 4.69) is 58.9 Å². The number of para-hydroxylation sites is 1. The molecule has 104 valence electrons. The maximum absolute atomic E-state index is 4.63. The molecule has 0 fully saturated rings. The van der Waals surface area contributed by atoms with Crippen LogP contribution in [0.5, 0.6) is 0 Å². The monoisotopic (exact) mass is 309 g/mol. The number of thioether (sulfide) groups is 1. The average molecular weight is 309 g/mol. The third-order valence-corrected chi connectivity index (χ3v) is 4.92. The van der Waals surface area contributed by atoms with E-state index in [1.807, 2.05) is 36.2 Å². The lowest BCUT2D eigenvalue weighted by Gasteiger charge is -2.05. The fourth-order valence-electron chi connectivity index (χ4n) is 1.92. The molecule has 0 amide bonds. The lowest BCUT2D eigenvalue weighted by Crippen LogP contribution is -1.80. The van der Waals surface area contributed by atoms with Crippen LogP contribution in [-0.4, -0.2) is 6.21 Å². The first kappa shape index (κ1) is 14.1. The van der Waals surface area contributed by atoms with Gasteiger partial charge in [-0.1, -0.05) is 48.5 Å². The molecule has 0 saturated carbocycles.